The molecule has 174 valence electrons. The summed E-state index contributed by atoms with van der Waals surface area (Å²) in [4.78, 5) is 29.9. The van der Waals surface area contributed by atoms with Crippen molar-refractivity contribution in [3.05, 3.63) is 65.4 Å². The van der Waals surface area contributed by atoms with Crippen molar-refractivity contribution in [2.75, 3.05) is 5.73 Å². The molecule has 1 saturated carbocycles. The van der Waals surface area contributed by atoms with E-state index in [9.17, 15) is 9.59 Å². The largest absolute Gasteiger partial charge is 0.383 e. The van der Waals surface area contributed by atoms with Gasteiger partial charge in [0.1, 0.15) is 5.82 Å². The van der Waals surface area contributed by atoms with E-state index in [0.717, 1.165) is 41.5 Å². The van der Waals surface area contributed by atoms with Gasteiger partial charge in [-0.15, -0.1) is 11.3 Å². The minimum Gasteiger partial charge on any atom is -0.383 e. The smallest absolute Gasteiger partial charge is 0.253 e. The zero-order chi connectivity index (χ0) is 23.7. The number of anilines is 1. The summed E-state index contributed by atoms with van der Waals surface area (Å²) in [7, 11) is 1.86. The fourth-order valence-corrected chi connectivity index (χ4v) is 5.59. The second-order valence-corrected chi connectivity index (χ2v) is 9.55. The minimum absolute atomic E-state index is 0.0507. The van der Waals surface area contributed by atoms with Crippen molar-refractivity contribution in [1.29, 1.82) is 0 Å². The molecule has 1 aromatic carbocycles. The minimum atomic E-state index is -0.139. The number of hydrogen-bond donors (Lipinski definition) is 3. The van der Waals surface area contributed by atoms with Crippen LogP contribution in [0.25, 0.3) is 21.2 Å². The quantitative estimate of drug-likeness (QED) is 0.408. The number of pyridine rings is 1. The maximum atomic E-state index is 13.2. The first kappa shape index (κ1) is 22.1. The molecule has 3 aromatic heterocycles. The molecule has 0 atom stereocenters. The molecule has 0 unspecified atom stereocenters. The summed E-state index contributed by atoms with van der Waals surface area (Å²) >= 11 is 1.49. The number of carbonyl (C=O) groups excluding carboxylic acids is 2. The Morgan fingerprint density at radius 2 is 1.71 bits per heavy atom. The first-order valence-electron chi connectivity index (χ1n) is 11.3. The van der Waals surface area contributed by atoms with Crippen LogP contribution >= 0.6 is 11.3 Å². The molecular weight excluding hydrogens is 448 g/mol. The summed E-state index contributed by atoms with van der Waals surface area (Å²) in [6, 6.07) is 9.41. The molecule has 1 aliphatic carbocycles. The Labute approximate surface area is 201 Å². The summed E-state index contributed by atoms with van der Waals surface area (Å²) in [5, 5.41) is 13.1. The highest BCUT2D eigenvalue weighted by molar-refractivity contribution is 7.18. The zero-order valence-electron chi connectivity index (χ0n) is 18.8. The van der Waals surface area contributed by atoms with Crippen LogP contribution in [0.15, 0.2) is 54.3 Å². The predicted molar refractivity (Wildman–Crippen MR) is 134 cm³/mol. The van der Waals surface area contributed by atoms with Crippen LogP contribution in [0.4, 0.5) is 5.82 Å². The number of fused-ring (bicyclic) bond motifs is 1. The normalized spacial score (nSPS) is 18.0. The van der Waals surface area contributed by atoms with Gasteiger partial charge in [0.2, 0.25) is 0 Å². The number of nitrogens with zero attached hydrogens (tertiary/aromatic N) is 3. The summed E-state index contributed by atoms with van der Waals surface area (Å²) in [5.74, 6) is 0.159. The van der Waals surface area contributed by atoms with Crippen molar-refractivity contribution < 1.29 is 9.59 Å². The number of aryl methyl sites for hydroxylation is 1. The highest BCUT2D eigenvalue weighted by Crippen LogP contribution is 2.37. The van der Waals surface area contributed by atoms with E-state index in [2.05, 4.69) is 20.7 Å². The van der Waals surface area contributed by atoms with E-state index in [1.165, 1.54) is 11.3 Å². The Morgan fingerprint density at radius 1 is 1.03 bits per heavy atom. The lowest BCUT2D eigenvalue weighted by Crippen LogP contribution is -2.43. The van der Waals surface area contributed by atoms with Gasteiger partial charge in [-0.1, -0.05) is 18.2 Å². The third kappa shape index (κ3) is 4.38. The van der Waals surface area contributed by atoms with Crippen molar-refractivity contribution in [2.45, 2.75) is 37.8 Å². The fraction of sp³-hybridized carbons (Fsp3) is 0.280. The van der Waals surface area contributed by atoms with Gasteiger partial charge in [-0.05, 0) is 37.8 Å². The van der Waals surface area contributed by atoms with E-state index < -0.39 is 0 Å². The lowest BCUT2D eigenvalue weighted by molar-refractivity contribution is 0.0893. The number of nitrogens with two attached hydrogens (primary N) is 1. The molecule has 0 spiro atoms. The predicted octanol–water partition coefficient (Wildman–Crippen LogP) is 3.75. The first-order valence-corrected chi connectivity index (χ1v) is 12.2. The van der Waals surface area contributed by atoms with Gasteiger partial charge in [-0.25, -0.2) is 4.98 Å². The van der Waals surface area contributed by atoms with Gasteiger partial charge in [0.15, 0.2) is 0 Å². The number of aromatic nitrogens is 3. The van der Waals surface area contributed by atoms with E-state index in [0.29, 0.717) is 22.3 Å². The van der Waals surface area contributed by atoms with Crippen LogP contribution in [-0.4, -0.2) is 38.7 Å². The maximum Gasteiger partial charge on any atom is 0.253 e. The summed E-state index contributed by atoms with van der Waals surface area (Å²) in [6.07, 6.45) is 8.69. The Kier molecular flexibility index (Phi) is 6.02. The van der Waals surface area contributed by atoms with E-state index in [-0.39, 0.29) is 23.9 Å². The third-order valence-electron chi connectivity index (χ3n) is 6.32. The molecule has 2 amide bonds. The number of rotatable bonds is 5. The molecule has 9 heteroatoms. The van der Waals surface area contributed by atoms with Gasteiger partial charge < -0.3 is 16.4 Å². The number of carbonyl (C=O) groups is 2. The topological polar surface area (TPSA) is 115 Å². The number of thiophene rings is 1. The maximum absolute atomic E-state index is 13.2. The molecule has 34 heavy (non-hydrogen) atoms. The lowest BCUT2D eigenvalue weighted by atomic mass is 9.90. The number of nitrogen functional groups attached to an aromatic ring is 1. The molecule has 4 N–H and O–H groups in total. The van der Waals surface area contributed by atoms with Crippen molar-refractivity contribution in [3.63, 3.8) is 0 Å². The number of hydrogen-bond acceptors (Lipinski definition) is 6. The average molecular weight is 475 g/mol. The molecule has 4 aromatic rings. The third-order valence-corrected chi connectivity index (χ3v) is 7.33. The molecule has 8 nitrogen and oxygen atoms in total. The molecule has 5 rings (SSSR count). The molecule has 0 bridgehead atoms. The molecule has 0 radical (unpaired) electrons. The first-order chi connectivity index (χ1) is 16.5. The molecular formula is C25H26N6O2S. The van der Waals surface area contributed by atoms with E-state index >= 15 is 0 Å². The molecule has 0 aliphatic heterocycles. The summed E-state index contributed by atoms with van der Waals surface area (Å²) < 4.78 is 2.66. The molecule has 3 heterocycles. The van der Waals surface area contributed by atoms with Crippen LogP contribution in [0.3, 0.4) is 0 Å². The Hall–Kier alpha value is -3.72. The standard InChI is InChI=1S/C25H26N6O2S/c1-31-13-16(11-28-31)19-12-27-23(26)21-20(14-34-22(19)21)25(33)30-18-9-7-17(8-10-18)29-24(32)15-5-3-2-4-6-15/h2-6,11-14,17-18H,7-10H2,1H3,(H2,26,27)(H,29,32)(H,30,33). The van der Waals surface area contributed by atoms with Crippen LogP contribution in [0.2, 0.25) is 0 Å². The van der Waals surface area contributed by atoms with E-state index in [1.54, 1.807) is 17.1 Å². The second-order valence-electron chi connectivity index (χ2n) is 8.67. The van der Waals surface area contributed by atoms with Gasteiger partial charge in [0.05, 0.1) is 11.8 Å². The van der Waals surface area contributed by atoms with Crippen LogP contribution < -0.4 is 16.4 Å². The van der Waals surface area contributed by atoms with Crippen LogP contribution in [0.1, 0.15) is 46.4 Å². The fourth-order valence-electron chi connectivity index (χ4n) is 4.50. The number of nitrogens with one attached hydrogen (secondary N) is 2. The van der Waals surface area contributed by atoms with Crippen molar-refractivity contribution >= 4 is 39.1 Å². The highest BCUT2D eigenvalue weighted by Gasteiger charge is 2.26. The van der Waals surface area contributed by atoms with Gasteiger partial charge in [0, 0.05) is 63.7 Å². The van der Waals surface area contributed by atoms with E-state index in [1.807, 2.05) is 49.0 Å². The van der Waals surface area contributed by atoms with Crippen molar-refractivity contribution in [2.24, 2.45) is 7.05 Å². The lowest BCUT2D eigenvalue weighted by Gasteiger charge is -2.29. The molecule has 1 aliphatic rings. The van der Waals surface area contributed by atoms with Crippen LogP contribution in [0.5, 0.6) is 0 Å². The molecule has 0 saturated heterocycles. The SMILES string of the molecule is Cn1cc(-c2cnc(N)c3c(C(=O)NC4CCC(NC(=O)c5ccccc5)CC4)csc23)cn1. The number of amides is 2. The monoisotopic (exact) mass is 474 g/mol. The van der Waals surface area contributed by atoms with Gasteiger partial charge >= 0.3 is 0 Å². The Balaban J connectivity index is 1.25. The molecule has 1 fully saturated rings. The summed E-state index contributed by atoms with van der Waals surface area (Å²) in [5.41, 5.74) is 9.26. The second kappa shape index (κ2) is 9.26. The van der Waals surface area contributed by atoms with Gasteiger partial charge in [-0.3, -0.25) is 14.3 Å². The van der Waals surface area contributed by atoms with Gasteiger partial charge in [0.25, 0.3) is 11.8 Å². The summed E-state index contributed by atoms with van der Waals surface area (Å²) in [6.45, 7) is 0. The van der Waals surface area contributed by atoms with E-state index in [4.69, 9.17) is 5.73 Å². The highest BCUT2D eigenvalue weighted by atomic mass is 32.1. The average Bonchev–Trinajstić information content (AvgIpc) is 3.48. The Bertz CT molecular complexity index is 1340. The van der Waals surface area contributed by atoms with Crippen molar-refractivity contribution in [1.82, 2.24) is 25.4 Å². The number of benzene rings is 1. The van der Waals surface area contributed by atoms with Crippen LogP contribution in [0, 0.1) is 0 Å². The zero-order valence-corrected chi connectivity index (χ0v) is 19.6. The Morgan fingerprint density at radius 3 is 2.35 bits per heavy atom. The van der Waals surface area contributed by atoms with Gasteiger partial charge in [-0.2, -0.15) is 5.10 Å². The van der Waals surface area contributed by atoms with Crippen LogP contribution in [-0.2, 0) is 7.05 Å². The van der Waals surface area contributed by atoms with Crippen molar-refractivity contribution in [3.8, 4) is 11.1 Å².